The molecule has 4 rings (SSSR count). The second kappa shape index (κ2) is 7.94. The maximum absolute atomic E-state index is 13.5. The first-order chi connectivity index (χ1) is 14.7. The molecule has 0 radical (unpaired) electrons. The van der Waals surface area contributed by atoms with Gasteiger partial charge < -0.3 is 10.8 Å². The zero-order valence-electron chi connectivity index (χ0n) is 17.5. The topological polar surface area (TPSA) is 106 Å². The van der Waals surface area contributed by atoms with E-state index in [1.54, 1.807) is 48.7 Å². The number of carbonyl (C=O) groups is 2. The molecule has 162 valence electrons. The van der Waals surface area contributed by atoms with Crippen molar-refractivity contribution >= 4 is 38.4 Å². The van der Waals surface area contributed by atoms with Crippen LogP contribution in [-0.2, 0) is 6.54 Å². The molecule has 1 aliphatic carbocycles. The van der Waals surface area contributed by atoms with Crippen LogP contribution in [0.4, 0.5) is 9.80 Å². The van der Waals surface area contributed by atoms with Gasteiger partial charge in [0.15, 0.2) is 5.78 Å². The minimum Gasteiger partial charge on any atom is -0.389 e. The van der Waals surface area contributed by atoms with E-state index in [1.165, 1.54) is 22.3 Å². The number of hydrogen-bond donors (Lipinski definition) is 2. The summed E-state index contributed by atoms with van der Waals surface area (Å²) in [6, 6.07) is 11.1. The molecule has 2 heterocycles. The Balaban J connectivity index is 1.97. The van der Waals surface area contributed by atoms with E-state index in [-0.39, 0.29) is 17.9 Å². The number of aromatic nitrogens is 1. The molecule has 3 aromatic rings. The third kappa shape index (κ3) is 4.40. The maximum Gasteiger partial charge on any atom is 0.320 e. The molecule has 0 spiro atoms. The van der Waals surface area contributed by atoms with Gasteiger partial charge in [-0.15, -0.1) is 0 Å². The zero-order chi connectivity index (χ0) is 22.3. The molecule has 0 saturated heterocycles. The highest BCUT2D eigenvalue weighted by Gasteiger charge is 2.31. The van der Waals surface area contributed by atoms with Gasteiger partial charge in [0.2, 0.25) is 0 Å². The Kier molecular flexibility index (Phi) is 5.45. The monoisotopic (exact) mass is 439 g/mol. The molecular weight excluding hydrogens is 414 g/mol. The summed E-state index contributed by atoms with van der Waals surface area (Å²) in [6.45, 7) is 3.63. The Hall–Kier alpha value is -2.97. The first-order valence-electron chi connectivity index (χ1n) is 10.2. The van der Waals surface area contributed by atoms with E-state index in [2.05, 4.69) is 0 Å². The van der Waals surface area contributed by atoms with Gasteiger partial charge >= 0.3 is 6.03 Å². The Labute approximate surface area is 183 Å². The van der Waals surface area contributed by atoms with E-state index < -0.39 is 11.6 Å². The number of amides is 2. The highest BCUT2D eigenvalue weighted by atomic mass is 32.1. The van der Waals surface area contributed by atoms with Gasteiger partial charge in [-0.05, 0) is 38.7 Å². The van der Waals surface area contributed by atoms with Gasteiger partial charge in [-0.25, -0.2) is 4.79 Å². The number of ketones is 1. The minimum atomic E-state index is -1.23. The number of urea groups is 1. The van der Waals surface area contributed by atoms with Crippen molar-refractivity contribution in [3.63, 3.8) is 0 Å². The fourth-order valence-electron chi connectivity index (χ4n) is 3.63. The maximum atomic E-state index is 13.5. The molecule has 8 heteroatoms. The van der Waals surface area contributed by atoms with Crippen LogP contribution in [-0.4, -0.2) is 33.6 Å². The summed E-state index contributed by atoms with van der Waals surface area (Å²) in [7, 11) is 0. The van der Waals surface area contributed by atoms with Gasteiger partial charge in [0.25, 0.3) is 5.56 Å². The van der Waals surface area contributed by atoms with Crippen molar-refractivity contribution < 1.29 is 14.7 Å². The number of fused-ring (bicyclic) bond motifs is 1. The lowest BCUT2D eigenvalue weighted by molar-refractivity contribution is 0.0885. The van der Waals surface area contributed by atoms with Gasteiger partial charge in [0, 0.05) is 23.6 Å². The SMILES string of the molecule is CC(C)(O)CN(C(N)=O)c1sc2c(ccc(=O)n2CC2CC2)c1C(=O)c1ccccc1. The number of anilines is 1. The summed E-state index contributed by atoms with van der Waals surface area (Å²) in [5.74, 6) is 0.186. The predicted octanol–water partition coefficient (Wildman–Crippen LogP) is 3.36. The normalized spacial score (nSPS) is 14.0. The largest absolute Gasteiger partial charge is 0.389 e. The van der Waals surface area contributed by atoms with E-state index in [9.17, 15) is 19.5 Å². The number of nitrogens with zero attached hydrogens (tertiary/aromatic N) is 2. The van der Waals surface area contributed by atoms with Crippen molar-refractivity contribution in [3.05, 3.63) is 63.9 Å². The van der Waals surface area contributed by atoms with Crippen LogP contribution in [0, 0.1) is 5.92 Å². The Bertz CT molecular complexity index is 1200. The van der Waals surface area contributed by atoms with Crippen molar-refractivity contribution in [2.75, 3.05) is 11.4 Å². The van der Waals surface area contributed by atoms with Crippen molar-refractivity contribution in [2.45, 2.75) is 38.8 Å². The number of benzene rings is 1. The van der Waals surface area contributed by atoms with Gasteiger partial charge in [-0.2, -0.15) is 0 Å². The number of thiophene rings is 1. The third-order valence-electron chi connectivity index (χ3n) is 5.27. The fourth-order valence-corrected chi connectivity index (χ4v) is 4.94. The highest BCUT2D eigenvalue weighted by Crippen LogP contribution is 2.41. The predicted molar refractivity (Wildman–Crippen MR) is 122 cm³/mol. The molecule has 1 saturated carbocycles. The average molecular weight is 440 g/mol. The number of hydrogen-bond acceptors (Lipinski definition) is 5. The Morgan fingerprint density at radius 1 is 1.19 bits per heavy atom. The molecule has 0 bridgehead atoms. The molecule has 0 unspecified atom stereocenters. The summed E-state index contributed by atoms with van der Waals surface area (Å²) < 4.78 is 1.69. The van der Waals surface area contributed by atoms with Crippen LogP contribution in [0.15, 0.2) is 47.3 Å². The number of pyridine rings is 1. The summed E-state index contributed by atoms with van der Waals surface area (Å²) in [5, 5.41) is 11.3. The number of aliphatic hydroxyl groups is 1. The van der Waals surface area contributed by atoms with Crippen LogP contribution in [0.3, 0.4) is 0 Å². The molecule has 7 nitrogen and oxygen atoms in total. The van der Waals surface area contributed by atoms with Gasteiger partial charge in [0.05, 0.1) is 17.7 Å². The number of nitrogens with two attached hydrogens (primary N) is 1. The molecular formula is C23H25N3O4S. The van der Waals surface area contributed by atoms with E-state index >= 15 is 0 Å². The number of rotatable bonds is 7. The van der Waals surface area contributed by atoms with Crippen LogP contribution in [0.1, 0.15) is 42.6 Å². The van der Waals surface area contributed by atoms with Crippen LogP contribution in [0.2, 0.25) is 0 Å². The lowest BCUT2D eigenvalue weighted by atomic mass is 10.0. The molecule has 2 amide bonds. The van der Waals surface area contributed by atoms with Crippen molar-refractivity contribution in [2.24, 2.45) is 11.7 Å². The zero-order valence-corrected chi connectivity index (χ0v) is 18.3. The third-order valence-corrected chi connectivity index (χ3v) is 6.52. The minimum absolute atomic E-state index is 0.0862. The lowest BCUT2D eigenvalue weighted by Crippen LogP contribution is -2.45. The summed E-state index contributed by atoms with van der Waals surface area (Å²) in [4.78, 5) is 40.4. The van der Waals surface area contributed by atoms with Gasteiger partial charge in [0.1, 0.15) is 9.83 Å². The first-order valence-corrected chi connectivity index (χ1v) is 11.0. The molecule has 1 aromatic carbocycles. The van der Waals surface area contributed by atoms with Crippen molar-refractivity contribution in [1.82, 2.24) is 4.57 Å². The Morgan fingerprint density at radius 2 is 1.87 bits per heavy atom. The van der Waals surface area contributed by atoms with Crippen LogP contribution in [0.25, 0.3) is 10.2 Å². The molecule has 31 heavy (non-hydrogen) atoms. The molecule has 1 aliphatic rings. The fraction of sp³-hybridized carbons (Fsp3) is 0.348. The van der Waals surface area contributed by atoms with Crippen LogP contribution in [0.5, 0.6) is 0 Å². The van der Waals surface area contributed by atoms with Crippen LogP contribution >= 0.6 is 11.3 Å². The van der Waals surface area contributed by atoms with Gasteiger partial charge in [-0.1, -0.05) is 41.7 Å². The average Bonchev–Trinajstić information content (AvgIpc) is 3.45. The lowest BCUT2D eigenvalue weighted by Gasteiger charge is -2.27. The first kappa shape index (κ1) is 21.3. The van der Waals surface area contributed by atoms with Crippen LogP contribution < -0.4 is 16.2 Å². The smallest absolute Gasteiger partial charge is 0.320 e. The molecule has 3 N–H and O–H groups in total. The number of carbonyl (C=O) groups excluding carboxylic acids is 2. The van der Waals surface area contributed by atoms with Crippen molar-refractivity contribution in [1.29, 1.82) is 0 Å². The number of primary amides is 1. The summed E-state index contributed by atoms with van der Waals surface area (Å²) in [5.41, 5.74) is 5.08. The second-order valence-electron chi connectivity index (χ2n) is 8.66. The molecule has 1 fully saturated rings. The summed E-state index contributed by atoms with van der Waals surface area (Å²) >= 11 is 1.19. The van der Waals surface area contributed by atoms with E-state index in [0.717, 1.165) is 12.8 Å². The molecule has 2 aromatic heterocycles. The standard InChI is InChI=1S/C23H25N3O4S/c1-23(2,30)13-26(22(24)29)21-18(19(28)15-6-4-3-5-7-15)16-10-11-17(27)25(20(16)31-21)12-14-8-9-14/h3-7,10-11,14,30H,8-9,12-13H2,1-2H3,(H2,24,29). The quantitative estimate of drug-likeness (QED) is 0.551. The molecule has 0 atom stereocenters. The van der Waals surface area contributed by atoms with Gasteiger partial charge in [-0.3, -0.25) is 19.1 Å². The van der Waals surface area contributed by atoms with E-state index in [1.807, 2.05) is 6.07 Å². The van der Waals surface area contributed by atoms with E-state index in [0.29, 0.717) is 38.8 Å². The second-order valence-corrected chi connectivity index (χ2v) is 9.64. The molecule has 0 aliphatic heterocycles. The Morgan fingerprint density at radius 3 is 2.45 bits per heavy atom. The van der Waals surface area contributed by atoms with Crippen molar-refractivity contribution in [3.8, 4) is 0 Å². The highest BCUT2D eigenvalue weighted by molar-refractivity contribution is 7.23. The van der Waals surface area contributed by atoms with E-state index in [4.69, 9.17) is 5.73 Å². The summed E-state index contributed by atoms with van der Waals surface area (Å²) in [6.07, 6.45) is 2.14.